The van der Waals surface area contributed by atoms with Crippen LogP contribution >= 0.6 is 0 Å². The standard InChI is InChI=1S/C16H22N4/c1-3-5-6-11-7-9-12(10-8-11)14-13(4-2)19-16(18)20-15(14)17/h7-10H,3-6H2,1-2H3,(H4,17,18,19,20). The van der Waals surface area contributed by atoms with Crippen LogP contribution in [0.1, 0.15) is 37.9 Å². The molecule has 0 saturated carbocycles. The fraction of sp³-hybridized carbons (Fsp3) is 0.375. The average Bonchev–Trinajstić information content (AvgIpc) is 2.45. The van der Waals surface area contributed by atoms with Gasteiger partial charge in [0.25, 0.3) is 0 Å². The summed E-state index contributed by atoms with van der Waals surface area (Å²) in [5.41, 5.74) is 15.9. The summed E-state index contributed by atoms with van der Waals surface area (Å²) in [5.74, 6) is 0.693. The summed E-state index contributed by atoms with van der Waals surface area (Å²) in [6.07, 6.45) is 4.32. The molecule has 4 heteroatoms. The van der Waals surface area contributed by atoms with Crippen LogP contribution in [0, 0.1) is 0 Å². The van der Waals surface area contributed by atoms with Crippen molar-refractivity contribution in [3.8, 4) is 11.1 Å². The lowest BCUT2D eigenvalue weighted by atomic mass is 10.00. The lowest BCUT2D eigenvalue weighted by Crippen LogP contribution is -2.06. The van der Waals surface area contributed by atoms with Gasteiger partial charge in [0.05, 0.1) is 5.69 Å². The van der Waals surface area contributed by atoms with Crippen LogP contribution in [0.2, 0.25) is 0 Å². The molecule has 0 unspecified atom stereocenters. The number of benzene rings is 1. The maximum absolute atomic E-state index is 6.02. The molecule has 106 valence electrons. The lowest BCUT2D eigenvalue weighted by Gasteiger charge is -2.11. The topological polar surface area (TPSA) is 77.8 Å². The van der Waals surface area contributed by atoms with E-state index in [0.29, 0.717) is 5.82 Å². The van der Waals surface area contributed by atoms with Crippen molar-refractivity contribution < 1.29 is 0 Å². The number of aryl methyl sites for hydroxylation is 2. The molecule has 20 heavy (non-hydrogen) atoms. The first-order chi connectivity index (χ1) is 9.65. The van der Waals surface area contributed by atoms with Crippen LogP contribution in [-0.4, -0.2) is 9.97 Å². The van der Waals surface area contributed by atoms with Gasteiger partial charge < -0.3 is 11.5 Å². The molecule has 0 amide bonds. The first kappa shape index (κ1) is 14.3. The van der Waals surface area contributed by atoms with E-state index in [9.17, 15) is 0 Å². The molecule has 4 nitrogen and oxygen atoms in total. The Hall–Kier alpha value is -2.10. The minimum atomic E-state index is 0.239. The highest BCUT2D eigenvalue weighted by Crippen LogP contribution is 2.29. The molecule has 1 aromatic carbocycles. The molecule has 0 saturated heterocycles. The summed E-state index contributed by atoms with van der Waals surface area (Å²) >= 11 is 0. The van der Waals surface area contributed by atoms with Gasteiger partial charge >= 0.3 is 0 Å². The summed E-state index contributed by atoms with van der Waals surface area (Å²) in [6, 6.07) is 8.49. The Balaban J connectivity index is 2.36. The van der Waals surface area contributed by atoms with Crippen molar-refractivity contribution in [2.24, 2.45) is 0 Å². The quantitative estimate of drug-likeness (QED) is 0.874. The fourth-order valence-electron chi connectivity index (χ4n) is 2.34. The second-order valence-corrected chi connectivity index (χ2v) is 4.94. The van der Waals surface area contributed by atoms with Crippen molar-refractivity contribution in [1.82, 2.24) is 9.97 Å². The van der Waals surface area contributed by atoms with Gasteiger partial charge in [0, 0.05) is 5.56 Å². The van der Waals surface area contributed by atoms with Crippen LogP contribution in [0.4, 0.5) is 11.8 Å². The van der Waals surface area contributed by atoms with Gasteiger partial charge in [0.15, 0.2) is 0 Å². The zero-order valence-electron chi connectivity index (χ0n) is 12.2. The number of hydrogen-bond acceptors (Lipinski definition) is 4. The number of unbranched alkanes of at least 4 members (excludes halogenated alkanes) is 1. The maximum atomic E-state index is 6.02. The zero-order valence-corrected chi connectivity index (χ0v) is 12.2. The van der Waals surface area contributed by atoms with Crippen molar-refractivity contribution in [2.75, 3.05) is 11.5 Å². The summed E-state index contributed by atoms with van der Waals surface area (Å²) in [5, 5.41) is 0. The van der Waals surface area contributed by atoms with E-state index in [1.54, 1.807) is 0 Å². The first-order valence-corrected chi connectivity index (χ1v) is 7.16. The second kappa shape index (κ2) is 6.37. The van der Waals surface area contributed by atoms with E-state index in [2.05, 4.69) is 41.2 Å². The van der Waals surface area contributed by atoms with E-state index in [1.807, 2.05) is 6.92 Å². The average molecular weight is 270 g/mol. The lowest BCUT2D eigenvalue weighted by molar-refractivity contribution is 0.795. The minimum absolute atomic E-state index is 0.239. The molecule has 0 fully saturated rings. The maximum Gasteiger partial charge on any atom is 0.222 e. The largest absolute Gasteiger partial charge is 0.383 e. The number of nitrogen functional groups attached to an aromatic ring is 2. The van der Waals surface area contributed by atoms with Gasteiger partial charge in [0.1, 0.15) is 5.82 Å². The van der Waals surface area contributed by atoms with E-state index in [1.165, 1.54) is 18.4 Å². The highest BCUT2D eigenvalue weighted by molar-refractivity contribution is 5.76. The number of rotatable bonds is 5. The third kappa shape index (κ3) is 3.07. The smallest absolute Gasteiger partial charge is 0.222 e. The Labute approximate surface area is 120 Å². The number of nitrogens with zero attached hydrogens (tertiary/aromatic N) is 2. The van der Waals surface area contributed by atoms with Crippen LogP contribution in [0.3, 0.4) is 0 Å². The molecular weight excluding hydrogens is 248 g/mol. The molecule has 2 aromatic rings. The molecule has 2 rings (SSSR count). The van der Waals surface area contributed by atoms with Crippen molar-refractivity contribution in [1.29, 1.82) is 0 Å². The van der Waals surface area contributed by atoms with E-state index in [4.69, 9.17) is 11.5 Å². The Kier molecular flexibility index (Phi) is 4.56. The van der Waals surface area contributed by atoms with Gasteiger partial charge in [-0.2, -0.15) is 4.98 Å². The number of aromatic nitrogens is 2. The van der Waals surface area contributed by atoms with E-state index in [0.717, 1.165) is 29.7 Å². The van der Waals surface area contributed by atoms with Gasteiger partial charge in [0.2, 0.25) is 5.95 Å². The van der Waals surface area contributed by atoms with Crippen molar-refractivity contribution >= 4 is 11.8 Å². The predicted molar refractivity (Wildman–Crippen MR) is 84.3 cm³/mol. The van der Waals surface area contributed by atoms with Crippen LogP contribution in [0.15, 0.2) is 24.3 Å². The van der Waals surface area contributed by atoms with Crippen molar-refractivity contribution in [3.63, 3.8) is 0 Å². The highest BCUT2D eigenvalue weighted by Gasteiger charge is 2.12. The van der Waals surface area contributed by atoms with Crippen molar-refractivity contribution in [2.45, 2.75) is 39.5 Å². The Bertz CT molecular complexity index is 576. The van der Waals surface area contributed by atoms with E-state index >= 15 is 0 Å². The molecule has 0 aliphatic carbocycles. The number of hydrogen-bond donors (Lipinski definition) is 2. The fourth-order valence-corrected chi connectivity index (χ4v) is 2.34. The normalized spacial score (nSPS) is 10.7. The second-order valence-electron chi connectivity index (χ2n) is 4.94. The molecule has 0 aliphatic rings. The molecule has 1 heterocycles. The number of anilines is 2. The molecule has 0 bridgehead atoms. The molecule has 4 N–H and O–H groups in total. The molecule has 0 spiro atoms. The summed E-state index contributed by atoms with van der Waals surface area (Å²) in [4.78, 5) is 8.36. The van der Waals surface area contributed by atoms with Crippen LogP contribution in [0.25, 0.3) is 11.1 Å². The molecule has 1 aromatic heterocycles. The highest BCUT2D eigenvalue weighted by atomic mass is 15.0. The minimum Gasteiger partial charge on any atom is -0.383 e. The van der Waals surface area contributed by atoms with Gasteiger partial charge in [-0.3, -0.25) is 0 Å². The van der Waals surface area contributed by atoms with Gasteiger partial charge in [-0.1, -0.05) is 44.5 Å². The van der Waals surface area contributed by atoms with Gasteiger partial charge in [-0.15, -0.1) is 0 Å². The van der Waals surface area contributed by atoms with Crippen LogP contribution < -0.4 is 11.5 Å². The number of nitrogens with two attached hydrogens (primary N) is 2. The molecule has 0 atom stereocenters. The zero-order chi connectivity index (χ0) is 14.5. The molecule has 0 aliphatic heterocycles. The summed E-state index contributed by atoms with van der Waals surface area (Å²) < 4.78 is 0. The third-order valence-electron chi connectivity index (χ3n) is 3.43. The van der Waals surface area contributed by atoms with E-state index in [-0.39, 0.29) is 5.95 Å². The van der Waals surface area contributed by atoms with E-state index < -0.39 is 0 Å². The van der Waals surface area contributed by atoms with Gasteiger partial charge in [-0.05, 0) is 30.4 Å². The van der Waals surface area contributed by atoms with Crippen molar-refractivity contribution in [3.05, 3.63) is 35.5 Å². The first-order valence-electron chi connectivity index (χ1n) is 7.16. The predicted octanol–water partition coefficient (Wildman–Crippen LogP) is 3.21. The Morgan fingerprint density at radius 2 is 1.70 bits per heavy atom. The molecule has 0 radical (unpaired) electrons. The van der Waals surface area contributed by atoms with Gasteiger partial charge in [-0.25, -0.2) is 4.98 Å². The van der Waals surface area contributed by atoms with Crippen LogP contribution in [0.5, 0.6) is 0 Å². The van der Waals surface area contributed by atoms with Crippen LogP contribution in [-0.2, 0) is 12.8 Å². The third-order valence-corrected chi connectivity index (χ3v) is 3.43. The SMILES string of the molecule is CCCCc1ccc(-c2c(N)nc(N)nc2CC)cc1. The Morgan fingerprint density at radius 1 is 1.00 bits per heavy atom. The monoisotopic (exact) mass is 270 g/mol. The summed E-state index contributed by atoms with van der Waals surface area (Å²) in [7, 11) is 0. The summed E-state index contributed by atoms with van der Waals surface area (Å²) in [6.45, 7) is 4.24. The molecular formula is C16H22N4. The Morgan fingerprint density at radius 3 is 2.30 bits per heavy atom.